The molecule has 0 saturated carbocycles. The van der Waals surface area contributed by atoms with E-state index in [1.54, 1.807) is 18.4 Å². The third-order valence-corrected chi connectivity index (χ3v) is 6.32. The van der Waals surface area contributed by atoms with Crippen LogP contribution in [0.5, 0.6) is 5.75 Å². The van der Waals surface area contributed by atoms with Gasteiger partial charge in [-0.25, -0.2) is 9.99 Å². The molecule has 0 radical (unpaired) electrons. The van der Waals surface area contributed by atoms with Crippen molar-refractivity contribution in [2.75, 3.05) is 13.7 Å². The summed E-state index contributed by atoms with van der Waals surface area (Å²) in [5, 5.41) is 5.55. The normalized spacial score (nSPS) is 17.6. The zero-order valence-corrected chi connectivity index (χ0v) is 17.3. The van der Waals surface area contributed by atoms with Crippen molar-refractivity contribution >= 4 is 11.3 Å². The summed E-state index contributed by atoms with van der Waals surface area (Å²) < 4.78 is 5.62. The number of piperidine rings is 1. The molecular formula is C23H27N3OS. The van der Waals surface area contributed by atoms with E-state index in [1.165, 1.54) is 24.8 Å². The third kappa shape index (κ3) is 4.27. The number of hydrazine groups is 1. The van der Waals surface area contributed by atoms with Crippen molar-refractivity contribution in [2.45, 2.75) is 38.8 Å². The van der Waals surface area contributed by atoms with Gasteiger partial charge in [0.25, 0.3) is 0 Å². The fourth-order valence-electron chi connectivity index (χ4n) is 3.87. The van der Waals surface area contributed by atoms with Gasteiger partial charge in [-0.05, 0) is 43.5 Å². The van der Waals surface area contributed by atoms with Crippen LogP contribution in [0.15, 0.2) is 53.9 Å². The summed E-state index contributed by atoms with van der Waals surface area (Å²) >= 11 is 1.69. The number of ether oxygens (including phenoxy) is 1. The van der Waals surface area contributed by atoms with E-state index in [0.717, 1.165) is 40.7 Å². The number of hydrogen-bond acceptors (Lipinski definition) is 5. The van der Waals surface area contributed by atoms with Crippen LogP contribution in [0.2, 0.25) is 0 Å². The molecule has 0 bridgehead atoms. The first-order valence-corrected chi connectivity index (χ1v) is 10.8. The maximum atomic E-state index is 5.62. The van der Waals surface area contributed by atoms with Crippen LogP contribution in [0.1, 0.15) is 42.1 Å². The highest BCUT2D eigenvalue weighted by Crippen LogP contribution is 2.31. The second kappa shape index (κ2) is 8.86. The van der Waals surface area contributed by atoms with Gasteiger partial charge in [0.2, 0.25) is 0 Å². The van der Waals surface area contributed by atoms with E-state index in [0.29, 0.717) is 6.04 Å². The van der Waals surface area contributed by atoms with Crippen molar-refractivity contribution < 1.29 is 4.74 Å². The molecule has 0 aliphatic carbocycles. The Morgan fingerprint density at radius 3 is 2.79 bits per heavy atom. The van der Waals surface area contributed by atoms with Gasteiger partial charge in [0.15, 0.2) is 0 Å². The summed E-state index contributed by atoms with van der Waals surface area (Å²) in [5.41, 5.74) is 8.43. The van der Waals surface area contributed by atoms with Crippen LogP contribution in [-0.2, 0) is 6.54 Å². The molecule has 1 aliphatic heterocycles. The molecule has 2 heterocycles. The molecule has 1 N–H and O–H groups in total. The fourth-order valence-corrected chi connectivity index (χ4v) is 4.66. The maximum Gasteiger partial charge on any atom is 0.123 e. The molecule has 1 aromatic heterocycles. The number of benzene rings is 2. The number of aromatic nitrogens is 1. The average Bonchev–Trinajstić information content (AvgIpc) is 3.19. The van der Waals surface area contributed by atoms with Crippen molar-refractivity contribution in [3.8, 4) is 16.3 Å². The highest BCUT2D eigenvalue weighted by molar-refractivity contribution is 7.13. The van der Waals surface area contributed by atoms with Crippen LogP contribution in [0.4, 0.5) is 0 Å². The highest BCUT2D eigenvalue weighted by atomic mass is 32.1. The van der Waals surface area contributed by atoms with E-state index in [9.17, 15) is 0 Å². The van der Waals surface area contributed by atoms with E-state index in [4.69, 9.17) is 4.74 Å². The minimum atomic E-state index is 0.422. The Morgan fingerprint density at radius 1 is 1.18 bits per heavy atom. The summed E-state index contributed by atoms with van der Waals surface area (Å²) in [6.45, 7) is 3.84. The molecule has 1 saturated heterocycles. The second-order valence-corrected chi connectivity index (χ2v) is 8.13. The van der Waals surface area contributed by atoms with Crippen molar-refractivity contribution in [3.05, 3.63) is 70.7 Å². The molecule has 3 aromatic rings. The Hall–Kier alpha value is -2.21. The third-order valence-electron chi connectivity index (χ3n) is 5.31. The summed E-state index contributed by atoms with van der Waals surface area (Å²) in [7, 11) is 1.74. The maximum absolute atomic E-state index is 5.62. The second-order valence-electron chi connectivity index (χ2n) is 7.27. The SMILES string of the molecule is COc1ccc(-c2nc(C)cs2)cc1CNN1CCCCC1c1ccccc1. The lowest BCUT2D eigenvalue weighted by Crippen LogP contribution is -2.43. The molecule has 1 atom stereocenters. The lowest BCUT2D eigenvalue weighted by Gasteiger charge is -2.36. The molecule has 28 heavy (non-hydrogen) atoms. The van der Waals surface area contributed by atoms with E-state index < -0.39 is 0 Å². The van der Waals surface area contributed by atoms with E-state index in [1.807, 2.05) is 13.0 Å². The van der Waals surface area contributed by atoms with Gasteiger partial charge in [-0.15, -0.1) is 11.3 Å². The molecule has 1 aliphatic rings. The number of hydrogen-bond donors (Lipinski definition) is 1. The molecular weight excluding hydrogens is 366 g/mol. The molecule has 0 spiro atoms. The topological polar surface area (TPSA) is 37.4 Å². The zero-order chi connectivity index (χ0) is 19.3. The first-order chi connectivity index (χ1) is 13.7. The van der Waals surface area contributed by atoms with E-state index >= 15 is 0 Å². The van der Waals surface area contributed by atoms with Gasteiger partial charge in [-0.2, -0.15) is 0 Å². The summed E-state index contributed by atoms with van der Waals surface area (Å²) in [5.74, 6) is 0.915. The minimum absolute atomic E-state index is 0.422. The van der Waals surface area contributed by atoms with Crippen LogP contribution in [0.25, 0.3) is 10.6 Å². The molecule has 4 rings (SSSR count). The predicted octanol–water partition coefficient (Wildman–Crippen LogP) is 5.36. The number of methoxy groups -OCH3 is 1. The van der Waals surface area contributed by atoms with Gasteiger partial charge in [-0.1, -0.05) is 36.8 Å². The predicted molar refractivity (Wildman–Crippen MR) is 115 cm³/mol. The van der Waals surface area contributed by atoms with Crippen LogP contribution >= 0.6 is 11.3 Å². The quantitative estimate of drug-likeness (QED) is 0.612. The zero-order valence-electron chi connectivity index (χ0n) is 16.5. The van der Waals surface area contributed by atoms with Gasteiger partial charge in [0.05, 0.1) is 7.11 Å². The number of nitrogens with zero attached hydrogens (tertiary/aromatic N) is 2. The first kappa shape index (κ1) is 19.1. The van der Waals surface area contributed by atoms with Crippen molar-refractivity contribution in [3.63, 3.8) is 0 Å². The summed E-state index contributed by atoms with van der Waals surface area (Å²) in [4.78, 5) is 4.63. The Morgan fingerprint density at radius 2 is 2.04 bits per heavy atom. The monoisotopic (exact) mass is 393 g/mol. The van der Waals surface area contributed by atoms with Crippen molar-refractivity contribution in [1.29, 1.82) is 0 Å². The smallest absolute Gasteiger partial charge is 0.123 e. The van der Waals surface area contributed by atoms with Crippen LogP contribution in [0.3, 0.4) is 0 Å². The Bertz CT molecular complexity index is 909. The number of thiazole rings is 1. The van der Waals surface area contributed by atoms with Crippen LogP contribution in [0, 0.1) is 6.92 Å². The lowest BCUT2D eigenvalue weighted by molar-refractivity contribution is 0.0822. The van der Waals surface area contributed by atoms with Crippen molar-refractivity contribution in [2.24, 2.45) is 0 Å². The van der Waals surface area contributed by atoms with Crippen LogP contribution < -0.4 is 10.2 Å². The molecule has 1 unspecified atom stereocenters. The van der Waals surface area contributed by atoms with E-state index in [2.05, 4.69) is 63.3 Å². The number of aryl methyl sites for hydroxylation is 1. The average molecular weight is 394 g/mol. The molecule has 1 fully saturated rings. The van der Waals surface area contributed by atoms with E-state index in [-0.39, 0.29) is 0 Å². The van der Waals surface area contributed by atoms with Crippen LogP contribution in [-0.4, -0.2) is 23.6 Å². The molecule has 4 nitrogen and oxygen atoms in total. The molecule has 146 valence electrons. The molecule has 5 heteroatoms. The van der Waals surface area contributed by atoms with Crippen molar-refractivity contribution in [1.82, 2.24) is 15.4 Å². The summed E-state index contributed by atoms with van der Waals surface area (Å²) in [6, 6.07) is 17.6. The van der Waals surface area contributed by atoms with Gasteiger partial charge >= 0.3 is 0 Å². The highest BCUT2D eigenvalue weighted by Gasteiger charge is 2.23. The Kier molecular flexibility index (Phi) is 6.05. The molecule has 0 amide bonds. The van der Waals surface area contributed by atoms with Gasteiger partial charge < -0.3 is 4.74 Å². The minimum Gasteiger partial charge on any atom is -0.496 e. The van der Waals surface area contributed by atoms with Gasteiger partial charge in [0, 0.05) is 41.3 Å². The van der Waals surface area contributed by atoms with Gasteiger partial charge in [0.1, 0.15) is 10.8 Å². The lowest BCUT2D eigenvalue weighted by atomic mass is 9.97. The van der Waals surface area contributed by atoms with Gasteiger partial charge in [-0.3, -0.25) is 5.43 Å². The Labute approximate surface area is 171 Å². The summed E-state index contributed by atoms with van der Waals surface area (Å²) in [6.07, 6.45) is 3.69. The number of nitrogens with one attached hydrogen (secondary N) is 1. The standard InChI is InChI=1S/C23H27N3OS/c1-17-16-28-23(25-17)19-11-12-22(27-2)20(14-19)15-24-26-13-7-6-10-21(26)18-8-4-3-5-9-18/h3-5,8-9,11-12,14,16,21,24H,6-7,10,13,15H2,1-2H3. The first-order valence-electron chi connectivity index (χ1n) is 9.89. The Balaban J connectivity index is 1.53. The fraction of sp³-hybridized carbons (Fsp3) is 0.348. The largest absolute Gasteiger partial charge is 0.496 e. The molecule has 2 aromatic carbocycles. The number of rotatable bonds is 6.